The van der Waals surface area contributed by atoms with Gasteiger partial charge >= 0.3 is 5.97 Å². The van der Waals surface area contributed by atoms with Crippen LogP contribution in [0.5, 0.6) is 0 Å². The van der Waals surface area contributed by atoms with Crippen LogP contribution >= 0.6 is 0 Å². The highest BCUT2D eigenvalue weighted by Crippen LogP contribution is 2.40. The standard InChI is InChI=1S/C10H13NO3/c1-6(10(12)13)4-8-5-9(14-11-8)7-2-3-7/h5-7H,2-4H2,1H3,(H,12,13). The molecule has 4 nitrogen and oxygen atoms in total. The van der Waals surface area contributed by atoms with Crippen molar-refractivity contribution in [2.75, 3.05) is 0 Å². The van der Waals surface area contributed by atoms with Crippen LogP contribution in [0.1, 0.15) is 37.1 Å². The van der Waals surface area contributed by atoms with Crippen LogP contribution in [-0.2, 0) is 11.2 Å². The predicted molar refractivity (Wildman–Crippen MR) is 49.0 cm³/mol. The van der Waals surface area contributed by atoms with E-state index in [2.05, 4.69) is 5.16 Å². The Bertz CT molecular complexity index is 341. The van der Waals surface area contributed by atoms with Crippen LogP contribution in [0, 0.1) is 5.92 Å². The zero-order valence-corrected chi connectivity index (χ0v) is 8.06. The highest BCUT2D eigenvalue weighted by Gasteiger charge is 2.28. The lowest BCUT2D eigenvalue weighted by molar-refractivity contribution is -0.141. The van der Waals surface area contributed by atoms with Gasteiger partial charge < -0.3 is 9.63 Å². The van der Waals surface area contributed by atoms with E-state index < -0.39 is 11.9 Å². The van der Waals surface area contributed by atoms with Gasteiger partial charge in [0.05, 0.1) is 11.6 Å². The minimum atomic E-state index is -0.791. The molecule has 1 aliphatic carbocycles. The lowest BCUT2D eigenvalue weighted by Gasteiger charge is -2.00. The molecule has 14 heavy (non-hydrogen) atoms. The van der Waals surface area contributed by atoms with Gasteiger partial charge in [0.1, 0.15) is 5.76 Å². The van der Waals surface area contributed by atoms with E-state index >= 15 is 0 Å². The SMILES string of the molecule is CC(Cc1cc(C2CC2)on1)C(=O)O. The third kappa shape index (κ3) is 1.95. The molecule has 0 radical (unpaired) electrons. The predicted octanol–water partition coefficient (Wildman–Crippen LogP) is 1.82. The quantitative estimate of drug-likeness (QED) is 0.795. The molecule has 76 valence electrons. The first-order chi connectivity index (χ1) is 6.66. The van der Waals surface area contributed by atoms with Crippen molar-refractivity contribution in [2.45, 2.75) is 32.1 Å². The summed E-state index contributed by atoms with van der Waals surface area (Å²) < 4.78 is 5.13. The monoisotopic (exact) mass is 195 g/mol. The molecule has 0 saturated heterocycles. The maximum Gasteiger partial charge on any atom is 0.306 e. The Kier molecular flexibility index (Phi) is 2.27. The number of carbonyl (C=O) groups is 1. The molecule has 0 amide bonds. The van der Waals surface area contributed by atoms with Gasteiger partial charge in [0.15, 0.2) is 0 Å². The van der Waals surface area contributed by atoms with Crippen LogP contribution in [0.25, 0.3) is 0 Å². The zero-order valence-electron chi connectivity index (χ0n) is 8.06. The Hall–Kier alpha value is -1.32. The molecule has 1 aromatic rings. The van der Waals surface area contributed by atoms with Gasteiger partial charge in [0.2, 0.25) is 0 Å². The van der Waals surface area contributed by atoms with Crippen LogP contribution < -0.4 is 0 Å². The Morgan fingerprint density at radius 1 is 1.79 bits per heavy atom. The lowest BCUT2D eigenvalue weighted by Crippen LogP contribution is -2.12. The van der Waals surface area contributed by atoms with E-state index in [1.165, 1.54) is 12.8 Å². The summed E-state index contributed by atoms with van der Waals surface area (Å²) >= 11 is 0. The van der Waals surface area contributed by atoms with Crippen molar-refractivity contribution in [2.24, 2.45) is 5.92 Å². The Morgan fingerprint density at radius 3 is 3.07 bits per heavy atom. The molecule has 1 N–H and O–H groups in total. The number of carboxylic acid groups (broad SMARTS) is 1. The first-order valence-electron chi connectivity index (χ1n) is 4.85. The van der Waals surface area contributed by atoms with E-state index in [1.54, 1.807) is 6.92 Å². The van der Waals surface area contributed by atoms with E-state index in [1.807, 2.05) is 6.07 Å². The number of aromatic nitrogens is 1. The Balaban J connectivity index is 1.98. The fraction of sp³-hybridized carbons (Fsp3) is 0.600. The van der Waals surface area contributed by atoms with E-state index in [4.69, 9.17) is 9.63 Å². The molecule has 0 spiro atoms. The summed E-state index contributed by atoms with van der Waals surface area (Å²) in [4.78, 5) is 10.6. The van der Waals surface area contributed by atoms with Crippen molar-refractivity contribution in [3.63, 3.8) is 0 Å². The fourth-order valence-electron chi connectivity index (χ4n) is 1.39. The van der Waals surface area contributed by atoms with Crippen LogP contribution in [-0.4, -0.2) is 16.2 Å². The normalized spacial score (nSPS) is 18.1. The van der Waals surface area contributed by atoms with Crippen molar-refractivity contribution >= 4 is 5.97 Å². The molecule has 0 aromatic carbocycles. The largest absolute Gasteiger partial charge is 0.481 e. The third-order valence-electron chi connectivity index (χ3n) is 2.49. The molecule has 0 aliphatic heterocycles. The van der Waals surface area contributed by atoms with Gasteiger partial charge in [0, 0.05) is 18.4 Å². The highest BCUT2D eigenvalue weighted by molar-refractivity contribution is 5.69. The molecule has 1 atom stereocenters. The first kappa shape index (κ1) is 9.24. The third-order valence-corrected chi connectivity index (χ3v) is 2.49. The number of aliphatic carboxylic acids is 1. The number of rotatable bonds is 4. The van der Waals surface area contributed by atoms with Crippen LogP contribution in [0.4, 0.5) is 0 Å². The van der Waals surface area contributed by atoms with Crippen LogP contribution in [0.15, 0.2) is 10.6 Å². The summed E-state index contributed by atoms with van der Waals surface area (Å²) in [5, 5.41) is 12.6. The molecular formula is C10H13NO3. The van der Waals surface area contributed by atoms with Gasteiger partial charge in [-0.25, -0.2) is 0 Å². The van der Waals surface area contributed by atoms with Gasteiger partial charge in [-0.2, -0.15) is 0 Å². The Labute approximate surface area is 81.9 Å². The zero-order chi connectivity index (χ0) is 10.1. The van der Waals surface area contributed by atoms with Gasteiger partial charge in [-0.3, -0.25) is 4.79 Å². The van der Waals surface area contributed by atoms with Gasteiger partial charge in [-0.15, -0.1) is 0 Å². The summed E-state index contributed by atoms with van der Waals surface area (Å²) in [5.74, 6) is 0.266. The first-order valence-corrected chi connectivity index (χ1v) is 4.85. The van der Waals surface area contributed by atoms with Crippen molar-refractivity contribution in [1.82, 2.24) is 5.16 Å². The van der Waals surface area contributed by atoms with E-state index in [-0.39, 0.29) is 0 Å². The molecule has 1 aromatic heterocycles. The number of carboxylic acids is 1. The van der Waals surface area contributed by atoms with Gasteiger partial charge in [0.25, 0.3) is 0 Å². The highest BCUT2D eigenvalue weighted by atomic mass is 16.5. The van der Waals surface area contributed by atoms with Gasteiger partial charge in [-0.05, 0) is 12.8 Å². The summed E-state index contributed by atoms with van der Waals surface area (Å²) in [6.07, 6.45) is 2.79. The van der Waals surface area contributed by atoms with Crippen molar-refractivity contribution in [1.29, 1.82) is 0 Å². The summed E-state index contributed by atoms with van der Waals surface area (Å²) in [6.45, 7) is 1.67. The van der Waals surface area contributed by atoms with Crippen molar-refractivity contribution in [3.8, 4) is 0 Å². The minimum absolute atomic E-state index is 0.396. The number of hydrogen-bond acceptors (Lipinski definition) is 3. The average Bonchev–Trinajstić information content (AvgIpc) is 2.88. The minimum Gasteiger partial charge on any atom is -0.481 e. The fourth-order valence-corrected chi connectivity index (χ4v) is 1.39. The van der Waals surface area contributed by atoms with Crippen molar-refractivity contribution in [3.05, 3.63) is 17.5 Å². The van der Waals surface area contributed by atoms with Gasteiger partial charge in [-0.1, -0.05) is 12.1 Å². The number of hydrogen-bond donors (Lipinski definition) is 1. The maximum absolute atomic E-state index is 10.6. The molecule has 1 aliphatic rings. The smallest absolute Gasteiger partial charge is 0.306 e. The molecule has 0 bridgehead atoms. The van der Waals surface area contributed by atoms with Crippen LogP contribution in [0.3, 0.4) is 0 Å². The molecule has 2 rings (SSSR count). The molecule has 1 saturated carbocycles. The van der Waals surface area contributed by atoms with E-state index in [0.29, 0.717) is 12.3 Å². The summed E-state index contributed by atoms with van der Waals surface area (Å²) in [7, 11) is 0. The molecule has 1 fully saturated rings. The number of nitrogens with zero attached hydrogens (tertiary/aromatic N) is 1. The van der Waals surface area contributed by atoms with Crippen LogP contribution in [0.2, 0.25) is 0 Å². The average molecular weight is 195 g/mol. The summed E-state index contributed by atoms with van der Waals surface area (Å²) in [6, 6.07) is 1.89. The molecule has 1 heterocycles. The van der Waals surface area contributed by atoms with E-state index in [0.717, 1.165) is 11.5 Å². The lowest BCUT2D eigenvalue weighted by atomic mass is 10.1. The topological polar surface area (TPSA) is 63.3 Å². The molecule has 4 heteroatoms. The van der Waals surface area contributed by atoms with E-state index in [9.17, 15) is 4.79 Å². The second kappa shape index (κ2) is 3.44. The summed E-state index contributed by atoms with van der Waals surface area (Å²) in [5.41, 5.74) is 0.752. The maximum atomic E-state index is 10.6. The molecular weight excluding hydrogens is 182 g/mol. The Morgan fingerprint density at radius 2 is 2.50 bits per heavy atom. The molecule has 1 unspecified atom stereocenters. The van der Waals surface area contributed by atoms with Crippen molar-refractivity contribution < 1.29 is 14.4 Å². The second-order valence-corrected chi connectivity index (χ2v) is 3.94. The second-order valence-electron chi connectivity index (χ2n) is 3.94.